The summed E-state index contributed by atoms with van der Waals surface area (Å²) < 4.78 is 2.06. The molecule has 1 amide bonds. The molecule has 1 aliphatic rings. The van der Waals surface area contributed by atoms with Gasteiger partial charge in [-0.25, -0.2) is 15.0 Å². The molecule has 0 spiro atoms. The highest BCUT2D eigenvalue weighted by atomic mass is 32.2. The third kappa shape index (κ3) is 3.19. The van der Waals surface area contributed by atoms with Crippen LogP contribution in [0.15, 0.2) is 34.9 Å². The van der Waals surface area contributed by atoms with Crippen LogP contribution >= 0.6 is 23.1 Å². The van der Waals surface area contributed by atoms with Gasteiger partial charge in [0.05, 0.1) is 0 Å². The topological polar surface area (TPSA) is 88.2 Å². The largest absolute Gasteiger partial charge is 0.368 e. The van der Waals surface area contributed by atoms with Gasteiger partial charge < -0.3 is 15.5 Å². The fourth-order valence-electron chi connectivity index (χ4n) is 3.05. The van der Waals surface area contributed by atoms with Crippen LogP contribution in [-0.2, 0) is 0 Å². The lowest BCUT2D eigenvalue weighted by molar-refractivity contribution is 0.100. The van der Waals surface area contributed by atoms with E-state index in [9.17, 15) is 4.79 Å². The number of aromatic nitrogens is 3. The molecule has 4 rings (SSSR count). The zero-order valence-corrected chi connectivity index (χ0v) is 15.9. The molecular weight excluding hydrogens is 368 g/mol. The summed E-state index contributed by atoms with van der Waals surface area (Å²) in [6.07, 6.45) is 3.61. The Hall–Kier alpha value is -2.39. The van der Waals surface area contributed by atoms with Crippen LogP contribution in [0.3, 0.4) is 0 Å². The van der Waals surface area contributed by atoms with E-state index in [1.54, 1.807) is 41.6 Å². The highest BCUT2D eigenvalue weighted by Crippen LogP contribution is 2.33. The quantitative estimate of drug-likeness (QED) is 0.688. The number of nitrogens with zero attached hydrogens (tertiary/aromatic N) is 5. The van der Waals surface area contributed by atoms with E-state index in [0.29, 0.717) is 5.56 Å². The van der Waals surface area contributed by atoms with Crippen molar-refractivity contribution in [1.82, 2.24) is 15.0 Å². The van der Waals surface area contributed by atoms with Crippen molar-refractivity contribution in [2.45, 2.75) is 4.34 Å². The summed E-state index contributed by atoms with van der Waals surface area (Å²) in [5.41, 5.74) is 7.71. The van der Waals surface area contributed by atoms with Gasteiger partial charge in [0, 0.05) is 37.4 Å². The number of hydrogen-bond donors (Lipinski definition) is 1. The summed E-state index contributed by atoms with van der Waals surface area (Å²) in [5, 5.41) is 0. The van der Waals surface area contributed by atoms with Crippen molar-refractivity contribution in [3.63, 3.8) is 0 Å². The third-order valence-corrected chi connectivity index (χ3v) is 6.45. The molecule has 3 heterocycles. The molecule has 0 bridgehead atoms. The van der Waals surface area contributed by atoms with E-state index in [-0.39, 0.29) is 0 Å². The van der Waals surface area contributed by atoms with Gasteiger partial charge in [-0.05, 0) is 30.5 Å². The lowest BCUT2D eigenvalue weighted by Gasteiger charge is -2.36. The molecule has 0 aliphatic carbocycles. The number of rotatable bonds is 4. The first-order valence-corrected chi connectivity index (χ1v) is 10.2. The average Bonchev–Trinajstić information content (AvgIpc) is 3.11. The minimum atomic E-state index is -0.400. The number of thioether (sulfide) groups is 1. The Labute approximate surface area is 159 Å². The van der Waals surface area contributed by atoms with Crippen molar-refractivity contribution in [3.05, 3.63) is 36.2 Å². The first-order chi connectivity index (χ1) is 12.7. The SMILES string of the molecule is CSc1nc2ncnc(N3CCN(c4ccc(C(N)=O)cc4)CC3)c2s1. The molecule has 1 aliphatic heterocycles. The molecule has 0 saturated carbocycles. The van der Waals surface area contributed by atoms with Crippen LogP contribution in [0, 0.1) is 0 Å². The molecule has 0 unspecified atom stereocenters. The van der Waals surface area contributed by atoms with Gasteiger partial charge in [-0.15, -0.1) is 11.3 Å². The van der Waals surface area contributed by atoms with Gasteiger partial charge >= 0.3 is 0 Å². The van der Waals surface area contributed by atoms with Crippen molar-refractivity contribution in [1.29, 1.82) is 0 Å². The standard InChI is InChI=1S/C17H18N6OS2/c1-25-17-21-15-13(26-17)16(20-10-19-15)23-8-6-22(7-9-23)12-4-2-11(3-5-12)14(18)24/h2-5,10H,6-9H2,1H3,(H2,18,24). The van der Waals surface area contributed by atoms with Crippen molar-refractivity contribution < 1.29 is 4.79 Å². The van der Waals surface area contributed by atoms with Crippen LogP contribution in [0.25, 0.3) is 10.3 Å². The first kappa shape index (κ1) is 17.0. The fourth-order valence-corrected chi connectivity index (χ4v) is 4.58. The molecule has 9 heteroatoms. The Morgan fingerprint density at radius 3 is 2.46 bits per heavy atom. The Kier molecular flexibility index (Phi) is 4.64. The lowest BCUT2D eigenvalue weighted by Crippen LogP contribution is -2.46. The van der Waals surface area contributed by atoms with Crippen LogP contribution in [0.4, 0.5) is 11.5 Å². The van der Waals surface area contributed by atoms with Crippen LogP contribution in [-0.4, -0.2) is 53.3 Å². The predicted molar refractivity (Wildman–Crippen MR) is 106 cm³/mol. The molecule has 0 radical (unpaired) electrons. The summed E-state index contributed by atoms with van der Waals surface area (Å²) in [7, 11) is 0. The zero-order valence-electron chi connectivity index (χ0n) is 14.3. The highest BCUT2D eigenvalue weighted by Gasteiger charge is 2.22. The van der Waals surface area contributed by atoms with Crippen LogP contribution in [0.5, 0.6) is 0 Å². The van der Waals surface area contributed by atoms with E-state index in [1.165, 1.54) is 0 Å². The van der Waals surface area contributed by atoms with Crippen molar-refractivity contribution in [2.24, 2.45) is 5.73 Å². The summed E-state index contributed by atoms with van der Waals surface area (Å²) in [5.74, 6) is 0.569. The van der Waals surface area contributed by atoms with Crippen LogP contribution < -0.4 is 15.5 Å². The van der Waals surface area contributed by atoms with E-state index in [1.807, 2.05) is 18.4 Å². The number of hydrogen-bond acceptors (Lipinski definition) is 8. The number of piperazine rings is 1. The molecule has 1 saturated heterocycles. The van der Waals surface area contributed by atoms with Crippen LogP contribution in [0.2, 0.25) is 0 Å². The molecule has 134 valence electrons. The van der Waals surface area contributed by atoms with Gasteiger partial charge in [0.2, 0.25) is 5.91 Å². The van der Waals surface area contributed by atoms with Gasteiger partial charge in [0.25, 0.3) is 0 Å². The van der Waals surface area contributed by atoms with Crippen molar-refractivity contribution in [2.75, 3.05) is 42.2 Å². The molecular formula is C17H18N6OS2. The van der Waals surface area contributed by atoms with Gasteiger partial charge in [-0.3, -0.25) is 4.79 Å². The van der Waals surface area contributed by atoms with Gasteiger partial charge in [0.15, 0.2) is 15.8 Å². The van der Waals surface area contributed by atoms with E-state index in [0.717, 1.165) is 52.4 Å². The van der Waals surface area contributed by atoms with Crippen LogP contribution in [0.1, 0.15) is 10.4 Å². The fraction of sp³-hybridized carbons (Fsp3) is 0.294. The highest BCUT2D eigenvalue weighted by molar-refractivity contribution is 8.00. The maximum atomic E-state index is 11.2. The third-order valence-electron chi connectivity index (χ3n) is 4.42. The molecule has 26 heavy (non-hydrogen) atoms. The Bertz CT molecular complexity index is 934. The van der Waals surface area contributed by atoms with Crippen molar-refractivity contribution >= 4 is 50.9 Å². The average molecular weight is 387 g/mol. The number of anilines is 2. The molecule has 1 aromatic carbocycles. The number of carbonyl (C=O) groups is 1. The van der Waals surface area contributed by atoms with Gasteiger partial charge in [-0.2, -0.15) is 0 Å². The summed E-state index contributed by atoms with van der Waals surface area (Å²) in [6, 6.07) is 7.46. The number of fused-ring (bicyclic) bond motifs is 1. The monoisotopic (exact) mass is 386 g/mol. The number of benzene rings is 1. The second kappa shape index (κ2) is 7.08. The molecule has 2 N–H and O–H groups in total. The Morgan fingerprint density at radius 2 is 1.81 bits per heavy atom. The smallest absolute Gasteiger partial charge is 0.248 e. The van der Waals surface area contributed by atoms with Gasteiger partial charge in [0.1, 0.15) is 11.0 Å². The van der Waals surface area contributed by atoms with E-state index < -0.39 is 5.91 Å². The van der Waals surface area contributed by atoms with Crippen molar-refractivity contribution in [3.8, 4) is 0 Å². The molecule has 3 aromatic rings. The van der Waals surface area contributed by atoms with E-state index in [2.05, 4.69) is 24.8 Å². The molecule has 2 aromatic heterocycles. The maximum absolute atomic E-state index is 11.2. The second-order valence-corrected chi connectivity index (χ2v) is 7.97. The summed E-state index contributed by atoms with van der Waals surface area (Å²) in [4.78, 5) is 29.1. The zero-order chi connectivity index (χ0) is 18.1. The van der Waals surface area contributed by atoms with Gasteiger partial charge in [-0.1, -0.05) is 11.8 Å². The minimum absolute atomic E-state index is 0.400. The Balaban J connectivity index is 1.50. The maximum Gasteiger partial charge on any atom is 0.248 e. The first-order valence-electron chi connectivity index (χ1n) is 8.21. The summed E-state index contributed by atoms with van der Waals surface area (Å²) >= 11 is 3.28. The number of primary amides is 1. The lowest BCUT2D eigenvalue weighted by atomic mass is 10.1. The number of thiazole rings is 1. The minimum Gasteiger partial charge on any atom is -0.368 e. The summed E-state index contributed by atoms with van der Waals surface area (Å²) in [6.45, 7) is 3.51. The van der Waals surface area contributed by atoms with E-state index >= 15 is 0 Å². The molecule has 1 fully saturated rings. The van der Waals surface area contributed by atoms with E-state index in [4.69, 9.17) is 5.73 Å². The number of nitrogens with two attached hydrogens (primary N) is 1. The molecule has 0 atom stereocenters. The Morgan fingerprint density at radius 1 is 1.12 bits per heavy atom. The second-order valence-electron chi connectivity index (χ2n) is 5.92. The molecule has 7 nitrogen and oxygen atoms in total. The number of carbonyl (C=O) groups excluding carboxylic acids is 1. The normalized spacial score (nSPS) is 14.8. The number of amides is 1. The predicted octanol–water partition coefficient (Wildman–Crippen LogP) is 2.23.